The minimum atomic E-state index is -0.285. The number of nitrogens with one attached hydrogen (secondary N) is 1. The number of hydrogen-bond donors (Lipinski definition) is 1. The van der Waals surface area contributed by atoms with E-state index < -0.39 is 0 Å². The first kappa shape index (κ1) is 22.7. The molecule has 3 aromatic carbocycles. The molecule has 33 heavy (non-hydrogen) atoms. The molecule has 1 aromatic heterocycles. The van der Waals surface area contributed by atoms with Gasteiger partial charge in [0.15, 0.2) is 5.82 Å². The molecule has 0 spiro atoms. The van der Waals surface area contributed by atoms with Crippen LogP contribution in [0.25, 0.3) is 11.4 Å². The number of benzene rings is 3. The van der Waals surface area contributed by atoms with Gasteiger partial charge in [-0.25, -0.2) is 5.43 Å². The van der Waals surface area contributed by atoms with Crippen LogP contribution in [0.2, 0.25) is 0 Å². The topological polar surface area (TPSA) is 94.3 Å². The van der Waals surface area contributed by atoms with Crippen LogP contribution in [0.3, 0.4) is 0 Å². The van der Waals surface area contributed by atoms with E-state index in [-0.39, 0.29) is 11.7 Å². The number of nitrogens with zero attached hydrogens (tertiary/aromatic N) is 5. The third-order valence-corrected chi connectivity index (χ3v) is 5.77. The average Bonchev–Trinajstić information content (AvgIpc) is 3.32. The van der Waals surface area contributed by atoms with Crippen LogP contribution >= 0.6 is 27.9 Å². The van der Waals surface area contributed by atoms with E-state index in [1.807, 2.05) is 78.9 Å². The molecule has 8 nitrogen and oxygen atoms in total. The van der Waals surface area contributed by atoms with Gasteiger partial charge in [0.1, 0.15) is 12.4 Å². The molecule has 0 radical (unpaired) electrons. The summed E-state index contributed by atoms with van der Waals surface area (Å²) >= 11 is 4.63. The van der Waals surface area contributed by atoms with Gasteiger partial charge >= 0.3 is 0 Å². The Morgan fingerprint density at radius 1 is 1.09 bits per heavy atom. The summed E-state index contributed by atoms with van der Waals surface area (Å²) in [4.78, 5) is 12.3. The predicted octanol–water partition coefficient (Wildman–Crippen LogP) is 4.33. The standard InChI is InChI=1S/C23H19BrN6O2S/c24-20-11-12-21(32-15-17-7-3-1-4-8-17)19(13-20)14-25-26-22(31)16-33-30-23(27-28-29-30)18-9-5-2-6-10-18/h1-14H,15-16H2,(H,26,31)/b25-14+. The van der Waals surface area contributed by atoms with Crippen molar-refractivity contribution in [1.29, 1.82) is 0 Å². The zero-order valence-electron chi connectivity index (χ0n) is 17.3. The third kappa shape index (κ3) is 6.50. The highest BCUT2D eigenvalue weighted by Gasteiger charge is 2.11. The SMILES string of the molecule is O=C(CSn1nnnc1-c1ccccc1)N/N=C/c1cc(Br)ccc1OCc1ccccc1. The third-order valence-electron chi connectivity index (χ3n) is 4.39. The largest absolute Gasteiger partial charge is 0.488 e. The average molecular weight is 523 g/mol. The Bertz CT molecular complexity index is 1230. The van der Waals surface area contributed by atoms with Gasteiger partial charge in [-0.15, -0.1) is 5.10 Å². The zero-order valence-corrected chi connectivity index (χ0v) is 19.7. The van der Waals surface area contributed by atoms with E-state index >= 15 is 0 Å². The molecule has 4 rings (SSSR count). The molecule has 0 aliphatic rings. The molecule has 1 N–H and O–H groups in total. The summed E-state index contributed by atoms with van der Waals surface area (Å²) in [6, 6.07) is 25.0. The summed E-state index contributed by atoms with van der Waals surface area (Å²) in [5, 5.41) is 15.7. The molecular formula is C23H19BrN6O2S. The number of rotatable bonds is 9. The summed E-state index contributed by atoms with van der Waals surface area (Å²) in [7, 11) is 0. The van der Waals surface area contributed by atoms with E-state index in [0.29, 0.717) is 18.2 Å². The van der Waals surface area contributed by atoms with Crippen molar-refractivity contribution in [2.45, 2.75) is 6.61 Å². The van der Waals surface area contributed by atoms with Crippen molar-refractivity contribution in [3.05, 3.63) is 94.5 Å². The van der Waals surface area contributed by atoms with E-state index in [1.54, 1.807) is 6.21 Å². The maximum Gasteiger partial charge on any atom is 0.251 e. The van der Waals surface area contributed by atoms with Crippen LogP contribution in [0.15, 0.2) is 88.4 Å². The lowest BCUT2D eigenvalue weighted by atomic mass is 10.2. The van der Waals surface area contributed by atoms with E-state index in [0.717, 1.165) is 21.2 Å². The van der Waals surface area contributed by atoms with Gasteiger partial charge in [0.2, 0.25) is 0 Å². The maximum absolute atomic E-state index is 12.3. The van der Waals surface area contributed by atoms with Crippen LogP contribution < -0.4 is 10.2 Å². The monoisotopic (exact) mass is 522 g/mol. The van der Waals surface area contributed by atoms with Crippen LogP contribution in [0, 0.1) is 0 Å². The van der Waals surface area contributed by atoms with E-state index in [4.69, 9.17) is 4.74 Å². The van der Waals surface area contributed by atoms with E-state index in [1.165, 1.54) is 16.0 Å². The Labute approximate surface area is 203 Å². The van der Waals surface area contributed by atoms with Crippen LogP contribution in [0.5, 0.6) is 5.75 Å². The molecule has 0 aliphatic carbocycles. The summed E-state index contributed by atoms with van der Waals surface area (Å²) in [6.45, 7) is 0.433. The maximum atomic E-state index is 12.3. The Hall–Kier alpha value is -3.50. The Kier molecular flexibility index (Phi) is 7.83. The molecule has 166 valence electrons. The lowest BCUT2D eigenvalue weighted by Crippen LogP contribution is -2.20. The number of carbonyl (C=O) groups is 1. The molecule has 4 aromatic rings. The minimum Gasteiger partial charge on any atom is -0.488 e. The van der Waals surface area contributed by atoms with Gasteiger partial charge in [-0.2, -0.15) is 9.19 Å². The molecule has 0 saturated carbocycles. The lowest BCUT2D eigenvalue weighted by Gasteiger charge is -2.09. The van der Waals surface area contributed by atoms with Crippen molar-refractivity contribution in [2.24, 2.45) is 5.10 Å². The lowest BCUT2D eigenvalue weighted by molar-refractivity contribution is -0.118. The first-order chi connectivity index (χ1) is 16.2. The van der Waals surface area contributed by atoms with E-state index in [9.17, 15) is 4.79 Å². The number of amides is 1. The number of aromatic nitrogens is 4. The quantitative estimate of drug-likeness (QED) is 0.259. The predicted molar refractivity (Wildman–Crippen MR) is 132 cm³/mol. The molecule has 0 fully saturated rings. The molecule has 10 heteroatoms. The van der Waals surface area contributed by atoms with Crippen LogP contribution in [-0.4, -0.2) is 37.5 Å². The second-order valence-corrected chi connectivity index (χ2v) is 8.57. The molecule has 0 aliphatic heterocycles. The van der Waals surface area contributed by atoms with Gasteiger partial charge in [-0.1, -0.05) is 76.6 Å². The number of carbonyl (C=O) groups excluding carboxylic acids is 1. The van der Waals surface area contributed by atoms with Gasteiger partial charge < -0.3 is 4.74 Å². The summed E-state index contributed by atoms with van der Waals surface area (Å²) in [5.41, 5.74) is 5.19. The van der Waals surface area contributed by atoms with Gasteiger partial charge in [0.25, 0.3) is 5.91 Å². The minimum absolute atomic E-state index is 0.0953. The number of tetrazole rings is 1. The Morgan fingerprint density at radius 3 is 2.64 bits per heavy atom. The molecule has 1 amide bonds. The number of hydrazone groups is 1. The highest BCUT2D eigenvalue weighted by molar-refractivity contribution is 9.10. The number of hydrogen-bond acceptors (Lipinski definition) is 7. The smallest absolute Gasteiger partial charge is 0.251 e. The van der Waals surface area contributed by atoms with Crippen molar-refractivity contribution in [2.75, 3.05) is 5.75 Å². The molecule has 0 atom stereocenters. The fourth-order valence-corrected chi connectivity index (χ4v) is 3.87. The number of ether oxygens (including phenoxy) is 1. The molecular weight excluding hydrogens is 504 g/mol. The number of halogens is 1. The summed E-state index contributed by atoms with van der Waals surface area (Å²) in [6.07, 6.45) is 1.56. The fraction of sp³-hybridized carbons (Fsp3) is 0.0870. The summed E-state index contributed by atoms with van der Waals surface area (Å²) < 4.78 is 8.33. The highest BCUT2D eigenvalue weighted by atomic mass is 79.9. The first-order valence-corrected chi connectivity index (χ1v) is 11.7. The van der Waals surface area contributed by atoms with Gasteiger partial charge in [0.05, 0.1) is 12.0 Å². The normalized spacial score (nSPS) is 10.9. The van der Waals surface area contributed by atoms with Crippen LogP contribution in [0.4, 0.5) is 0 Å². The Balaban J connectivity index is 1.33. The van der Waals surface area contributed by atoms with Crippen molar-refractivity contribution >= 4 is 40.0 Å². The molecule has 1 heterocycles. The van der Waals surface area contributed by atoms with Gasteiger partial charge in [0, 0.05) is 15.6 Å². The second-order valence-electron chi connectivity index (χ2n) is 6.76. The zero-order chi connectivity index (χ0) is 22.9. The Morgan fingerprint density at radius 2 is 1.85 bits per heavy atom. The highest BCUT2D eigenvalue weighted by Crippen LogP contribution is 2.23. The fourth-order valence-electron chi connectivity index (χ4n) is 2.83. The van der Waals surface area contributed by atoms with Crippen molar-refractivity contribution in [3.8, 4) is 17.1 Å². The summed E-state index contributed by atoms with van der Waals surface area (Å²) in [5.74, 6) is 1.05. The van der Waals surface area contributed by atoms with Gasteiger partial charge in [-0.05, 0) is 46.1 Å². The van der Waals surface area contributed by atoms with E-state index in [2.05, 4.69) is 42.0 Å². The van der Waals surface area contributed by atoms with Crippen LogP contribution in [0.1, 0.15) is 11.1 Å². The van der Waals surface area contributed by atoms with Crippen molar-refractivity contribution in [1.82, 2.24) is 25.0 Å². The van der Waals surface area contributed by atoms with Crippen molar-refractivity contribution < 1.29 is 9.53 Å². The second kappa shape index (κ2) is 11.4. The molecule has 0 saturated heterocycles. The van der Waals surface area contributed by atoms with Crippen LogP contribution in [-0.2, 0) is 11.4 Å². The molecule has 0 bridgehead atoms. The van der Waals surface area contributed by atoms with Gasteiger partial charge in [-0.3, -0.25) is 4.79 Å². The van der Waals surface area contributed by atoms with Crippen molar-refractivity contribution in [3.63, 3.8) is 0 Å². The first-order valence-electron chi connectivity index (χ1n) is 9.94. The molecule has 0 unspecified atom stereocenters.